The summed E-state index contributed by atoms with van der Waals surface area (Å²) in [7, 11) is 0. The van der Waals surface area contributed by atoms with Crippen molar-refractivity contribution in [3.05, 3.63) is 0 Å². The van der Waals surface area contributed by atoms with Gasteiger partial charge in [-0.1, -0.05) is 41.0 Å². The number of alkyl carbamates (subject to hydrolysis) is 1. The van der Waals surface area contributed by atoms with E-state index in [-0.39, 0.29) is 12.0 Å². The highest BCUT2D eigenvalue weighted by Gasteiger charge is 2.34. The van der Waals surface area contributed by atoms with Gasteiger partial charge in [0, 0.05) is 0 Å². The molecule has 1 aliphatic rings. The molecule has 22 heavy (non-hydrogen) atoms. The Kier molecular flexibility index (Phi) is 7.17. The first-order chi connectivity index (χ1) is 10.2. The van der Waals surface area contributed by atoms with E-state index in [0.29, 0.717) is 24.2 Å². The van der Waals surface area contributed by atoms with Gasteiger partial charge in [-0.25, -0.2) is 9.59 Å². The number of carboxylic acids is 1. The number of aliphatic carboxylic acids is 1. The van der Waals surface area contributed by atoms with E-state index < -0.39 is 18.1 Å². The van der Waals surface area contributed by atoms with Crippen molar-refractivity contribution >= 4 is 12.1 Å². The molecule has 0 unspecified atom stereocenters. The summed E-state index contributed by atoms with van der Waals surface area (Å²) in [5.41, 5.74) is 0. The van der Waals surface area contributed by atoms with Crippen molar-refractivity contribution in [1.82, 2.24) is 5.32 Å². The average molecular weight is 313 g/mol. The van der Waals surface area contributed by atoms with Crippen molar-refractivity contribution in [2.75, 3.05) is 0 Å². The standard InChI is InChI=1S/C17H31NO4/c1-10(2)8-14(16(19)20)18-17(21)22-15-9-12(5)6-7-13(15)11(3)4/h10-15H,6-9H2,1-5H3,(H,18,21)(H,19,20)/t12-,13+,14-,15-/m1/s1. The number of nitrogens with one attached hydrogen (secondary N) is 1. The van der Waals surface area contributed by atoms with Crippen molar-refractivity contribution < 1.29 is 19.4 Å². The summed E-state index contributed by atoms with van der Waals surface area (Å²) >= 11 is 0. The van der Waals surface area contributed by atoms with Gasteiger partial charge in [-0.2, -0.15) is 0 Å². The van der Waals surface area contributed by atoms with Crippen LogP contribution in [0.3, 0.4) is 0 Å². The quantitative estimate of drug-likeness (QED) is 0.784. The van der Waals surface area contributed by atoms with Gasteiger partial charge in [0.15, 0.2) is 0 Å². The van der Waals surface area contributed by atoms with E-state index in [4.69, 9.17) is 4.74 Å². The van der Waals surface area contributed by atoms with Crippen LogP contribution in [-0.4, -0.2) is 29.3 Å². The third-order valence-corrected chi connectivity index (χ3v) is 4.52. The molecule has 4 atom stereocenters. The second kappa shape index (κ2) is 8.39. The Balaban J connectivity index is 2.62. The van der Waals surface area contributed by atoms with Gasteiger partial charge in [0.25, 0.3) is 0 Å². The molecule has 0 radical (unpaired) electrons. The SMILES string of the molecule is CC(C)C[C@@H](NC(=O)O[C@@H]1C[C@H](C)CC[C@H]1C(C)C)C(=O)O. The molecule has 0 heterocycles. The van der Waals surface area contributed by atoms with Crippen LogP contribution in [0.2, 0.25) is 0 Å². The molecule has 2 N–H and O–H groups in total. The van der Waals surface area contributed by atoms with Crippen LogP contribution in [0, 0.1) is 23.7 Å². The summed E-state index contributed by atoms with van der Waals surface area (Å²) in [6, 6.07) is -0.883. The second-order valence-corrected chi connectivity index (χ2v) is 7.43. The van der Waals surface area contributed by atoms with E-state index in [1.54, 1.807) is 0 Å². The molecule has 1 saturated carbocycles. The summed E-state index contributed by atoms with van der Waals surface area (Å²) in [6.07, 6.45) is 2.77. The molecule has 1 aliphatic carbocycles. The summed E-state index contributed by atoms with van der Waals surface area (Å²) in [5.74, 6) is 0.535. The average Bonchev–Trinajstić information content (AvgIpc) is 2.36. The summed E-state index contributed by atoms with van der Waals surface area (Å²) < 4.78 is 5.58. The molecular weight excluding hydrogens is 282 g/mol. The number of ether oxygens (including phenoxy) is 1. The van der Waals surface area contributed by atoms with E-state index in [9.17, 15) is 14.7 Å². The van der Waals surface area contributed by atoms with Crippen molar-refractivity contribution in [3.63, 3.8) is 0 Å². The number of hydrogen-bond acceptors (Lipinski definition) is 3. The first kappa shape index (κ1) is 18.8. The number of amides is 1. The minimum atomic E-state index is -1.01. The molecular formula is C17H31NO4. The second-order valence-electron chi connectivity index (χ2n) is 7.43. The lowest BCUT2D eigenvalue weighted by Gasteiger charge is -2.36. The molecule has 128 valence electrons. The van der Waals surface area contributed by atoms with Crippen LogP contribution < -0.4 is 5.32 Å². The fourth-order valence-electron chi connectivity index (χ4n) is 3.26. The third kappa shape index (κ3) is 5.85. The van der Waals surface area contributed by atoms with E-state index >= 15 is 0 Å². The van der Waals surface area contributed by atoms with Gasteiger partial charge in [0.05, 0.1) is 0 Å². The number of carbonyl (C=O) groups excluding carboxylic acids is 1. The maximum Gasteiger partial charge on any atom is 0.408 e. The molecule has 5 heteroatoms. The maximum atomic E-state index is 12.1. The molecule has 0 saturated heterocycles. The van der Waals surface area contributed by atoms with Crippen molar-refractivity contribution in [1.29, 1.82) is 0 Å². The lowest BCUT2D eigenvalue weighted by atomic mass is 9.75. The van der Waals surface area contributed by atoms with Gasteiger partial charge < -0.3 is 15.2 Å². The first-order valence-corrected chi connectivity index (χ1v) is 8.40. The van der Waals surface area contributed by atoms with E-state index in [1.807, 2.05) is 13.8 Å². The highest BCUT2D eigenvalue weighted by Crippen LogP contribution is 2.35. The summed E-state index contributed by atoms with van der Waals surface area (Å²) in [5, 5.41) is 11.7. The Morgan fingerprint density at radius 3 is 2.36 bits per heavy atom. The Bertz CT molecular complexity index is 381. The lowest BCUT2D eigenvalue weighted by Crippen LogP contribution is -2.45. The van der Waals surface area contributed by atoms with Crippen LogP contribution in [0.1, 0.15) is 60.3 Å². The predicted octanol–water partition coefficient (Wildman–Crippen LogP) is 3.67. The van der Waals surface area contributed by atoms with E-state index in [2.05, 4.69) is 26.1 Å². The smallest absolute Gasteiger partial charge is 0.408 e. The number of carbonyl (C=O) groups is 2. The Hall–Kier alpha value is -1.26. The Morgan fingerprint density at radius 1 is 1.23 bits per heavy atom. The fraction of sp³-hybridized carbons (Fsp3) is 0.882. The van der Waals surface area contributed by atoms with Crippen molar-refractivity contribution in [2.45, 2.75) is 72.4 Å². The zero-order valence-electron chi connectivity index (χ0n) is 14.5. The third-order valence-electron chi connectivity index (χ3n) is 4.52. The summed E-state index contributed by atoms with van der Waals surface area (Å²) in [6.45, 7) is 10.3. The van der Waals surface area contributed by atoms with Gasteiger partial charge in [-0.15, -0.1) is 0 Å². The van der Waals surface area contributed by atoms with Crippen LogP contribution in [0.5, 0.6) is 0 Å². The molecule has 0 aliphatic heterocycles. The highest BCUT2D eigenvalue weighted by atomic mass is 16.6. The van der Waals surface area contributed by atoms with Gasteiger partial charge >= 0.3 is 12.1 Å². The molecule has 0 spiro atoms. The molecule has 5 nitrogen and oxygen atoms in total. The minimum absolute atomic E-state index is 0.114. The van der Waals surface area contributed by atoms with E-state index in [1.165, 1.54) is 0 Å². The van der Waals surface area contributed by atoms with Crippen LogP contribution in [0.4, 0.5) is 4.79 Å². The molecule has 1 fully saturated rings. The lowest BCUT2D eigenvalue weighted by molar-refractivity contribution is -0.139. The van der Waals surface area contributed by atoms with Crippen LogP contribution in [0.25, 0.3) is 0 Å². The zero-order valence-corrected chi connectivity index (χ0v) is 14.5. The predicted molar refractivity (Wildman–Crippen MR) is 85.6 cm³/mol. The van der Waals surface area contributed by atoms with Crippen LogP contribution in [-0.2, 0) is 9.53 Å². The molecule has 1 rings (SSSR count). The topological polar surface area (TPSA) is 75.6 Å². The Labute approximate surface area is 133 Å². The molecule has 0 aromatic heterocycles. The molecule has 0 aromatic rings. The van der Waals surface area contributed by atoms with Crippen molar-refractivity contribution in [3.8, 4) is 0 Å². The van der Waals surface area contributed by atoms with Gasteiger partial charge in [-0.3, -0.25) is 0 Å². The maximum absolute atomic E-state index is 12.1. The van der Waals surface area contributed by atoms with Crippen molar-refractivity contribution in [2.24, 2.45) is 23.7 Å². The molecule has 0 aromatic carbocycles. The molecule has 1 amide bonds. The number of hydrogen-bond donors (Lipinski definition) is 2. The fourth-order valence-corrected chi connectivity index (χ4v) is 3.26. The minimum Gasteiger partial charge on any atom is -0.480 e. The Morgan fingerprint density at radius 2 is 1.86 bits per heavy atom. The zero-order chi connectivity index (χ0) is 16.9. The van der Waals surface area contributed by atoms with E-state index in [0.717, 1.165) is 19.3 Å². The monoisotopic (exact) mass is 313 g/mol. The van der Waals surface area contributed by atoms with Gasteiger partial charge in [0.2, 0.25) is 0 Å². The van der Waals surface area contributed by atoms with Gasteiger partial charge in [-0.05, 0) is 42.9 Å². The summed E-state index contributed by atoms with van der Waals surface area (Å²) in [4.78, 5) is 23.3. The van der Waals surface area contributed by atoms with Crippen LogP contribution >= 0.6 is 0 Å². The number of rotatable bonds is 6. The van der Waals surface area contributed by atoms with Gasteiger partial charge in [0.1, 0.15) is 12.1 Å². The van der Waals surface area contributed by atoms with Crippen LogP contribution in [0.15, 0.2) is 0 Å². The normalized spacial score (nSPS) is 26.8. The largest absolute Gasteiger partial charge is 0.480 e. The first-order valence-electron chi connectivity index (χ1n) is 8.40. The highest BCUT2D eigenvalue weighted by molar-refractivity contribution is 5.79. The molecule has 0 bridgehead atoms. The number of carboxylic acid groups (broad SMARTS) is 1.